The lowest BCUT2D eigenvalue weighted by molar-refractivity contribution is -0.136. The predicted molar refractivity (Wildman–Crippen MR) is 76.0 cm³/mol. The summed E-state index contributed by atoms with van der Waals surface area (Å²) in [7, 11) is 1.66. The third-order valence-corrected chi connectivity index (χ3v) is 3.90. The van der Waals surface area contributed by atoms with Crippen molar-refractivity contribution in [2.45, 2.75) is 26.8 Å². The van der Waals surface area contributed by atoms with Gasteiger partial charge in [-0.2, -0.15) is 5.10 Å². The van der Waals surface area contributed by atoms with Crippen LogP contribution in [0.15, 0.2) is 5.38 Å². The minimum absolute atomic E-state index is 0.0492. The first-order valence-electron chi connectivity index (χ1n) is 6.22. The summed E-state index contributed by atoms with van der Waals surface area (Å²) in [6.45, 7) is 5.22. The second-order valence-corrected chi connectivity index (χ2v) is 5.33. The maximum atomic E-state index is 10.7. The van der Waals surface area contributed by atoms with Crippen LogP contribution in [0.3, 0.4) is 0 Å². The minimum Gasteiger partial charge on any atom is -0.481 e. The number of aliphatic carboxylic acids is 1. The molecule has 0 radical (unpaired) electrons. The van der Waals surface area contributed by atoms with Gasteiger partial charge in [-0.1, -0.05) is 0 Å². The van der Waals surface area contributed by atoms with Gasteiger partial charge in [0.2, 0.25) is 0 Å². The molecule has 2 aromatic heterocycles. The molecule has 0 aliphatic carbocycles. The summed E-state index contributed by atoms with van der Waals surface area (Å²) in [6.07, 6.45) is -0.0492. The van der Waals surface area contributed by atoms with E-state index in [9.17, 15) is 4.79 Å². The van der Waals surface area contributed by atoms with E-state index >= 15 is 0 Å². The Kier molecular flexibility index (Phi) is 4.51. The van der Waals surface area contributed by atoms with E-state index in [2.05, 4.69) is 10.1 Å². The van der Waals surface area contributed by atoms with E-state index in [4.69, 9.17) is 9.84 Å². The molecule has 7 heteroatoms. The maximum absolute atomic E-state index is 10.7. The van der Waals surface area contributed by atoms with Gasteiger partial charge in [-0.15, -0.1) is 11.3 Å². The third-order valence-electron chi connectivity index (χ3n) is 2.99. The number of rotatable bonds is 6. The van der Waals surface area contributed by atoms with E-state index in [-0.39, 0.29) is 6.42 Å². The summed E-state index contributed by atoms with van der Waals surface area (Å²) in [4.78, 5) is 15.1. The SMILES string of the molecule is COCCn1nc(C)c(-c2nc(CC(=O)O)cs2)c1C. The van der Waals surface area contributed by atoms with Crippen molar-refractivity contribution < 1.29 is 14.6 Å². The molecule has 0 spiro atoms. The van der Waals surface area contributed by atoms with Crippen LogP contribution in [0.4, 0.5) is 0 Å². The summed E-state index contributed by atoms with van der Waals surface area (Å²) in [5.74, 6) is -0.869. The van der Waals surface area contributed by atoms with Crippen LogP contribution in [0.25, 0.3) is 10.6 Å². The van der Waals surface area contributed by atoms with Gasteiger partial charge in [0.25, 0.3) is 0 Å². The van der Waals surface area contributed by atoms with Gasteiger partial charge >= 0.3 is 5.97 Å². The van der Waals surface area contributed by atoms with Crippen LogP contribution in [0.5, 0.6) is 0 Å². The number of carboxylic acids is 1. The van der Waals surface area contributed by atoms with Crippen LogP contribution in [0.1, 0.15) is 17.1 Å². The second kappa shape index (κ2) is 6.15. The van der Waals surface area contributed by atoms with Crippen molar-refractivity contribution in [3.8, 4) is 10.6 Å². The lowest BCUT2D eigenvalue weighted by Crippen LogP contribution is -2.07. The summed E-state index contributed by atoms with van der Waals surface area (Å²) in [5.41, 5.74) is 3.49. The molecule has 0 bridgehead atoms. The Balaban J connectivity index is 2.30. The highest BCUT2D eigenvalue weighted by Gasteiger charge is 2.17. The predicted octanol–water partition coefficient (Wildman–Crippen LogP) is 1.90. The van der Waals surface area contributed by atoms with Crippen LogP contribution in [0.2, 0.25) is 0 Å². The van der Waals surface area contributed by atoms with Crippen molar-refractivity contribution in [2.75, 3.05) is 13.7 Å². The molecule has 0 aromatic carbocycles. The van der Waals surface area contributed by atoms with Crippen molar-refractivity contribution in [3.05, 3.63) is 22.5 Å². The molecule has 1 N–H and O–H groups in total. The van der Waals surface area contributed by atoms with Gasteiger partial charge in [-0.3, -0.25) is 9.48 Å². The van der Waals surface area contributed by atoms with Crippen LogP contribution < -0.4 is 0 Å². The van der Waals surface area contributed by atoms with Gasteiger partial charge in [-0.25, -0.2) is 4.98 Å². The zero-order valence-electron chi connectivity index (χ0n) is 11.7. The monoisotopic (exact) mass is 295 g/mol. The van der Waals surface area contributed by atoms with Crippen molar-refractivity contribution >= 4 is 17.3 Å². The zero-order chi connectivity index (χ0) is 14.7. The number of carbonyl (C=O) groups is 1. The molecular weight excluding hydrogens is 278 g/mol. The van der Waals surface area contributed by atoms with Gasteiger partial charge < -0.3 is 9.84 Å². The first kappa shape index (κ1) is 14.7. The van der Waals surface area contributed by atoms with Crippen molar-refractivity contribution in [1.29, 1.82) is 0 Å². The smallest absolute Gasteiger partial charge is 0.309 e. The third kappa shape index (κ3) is 3.05. The number of nitrogens with zero attached hydrogens (tertiary/aromatic N) is 3. The van der Waals surface area contributed by atoms with Gasteiger partial charge in [0.15, 0.2) is 0 Å². The molecule has 2 rings (SSSR count). The highest BCUT2D eigenvalue weighted by molar-refractivity contribution is 7.13. The van der Waals surface area contributed by atoms with E-state index in [1.807, 2.05) is 18.5 Å². The van der Waals surface area contributed by atoms with E-state index < -0.39 is 5.97 Å². The quantitative estimate of drug-likeness (QED) is 0.880. The second-order valence-electron chi connectivity index (χ2n) is 4.48. The number of hydrogen-bond donors (Lipinski definition) is 1. The fourth-order valence-electron chi connectivity index (χ4n) is 2.06. The van der Waals surface area contributed by atoms with E-state index in [1.54, 1.807) is 12.5 Å². The summed E-state index contributed by atoms with van der Waals surface area (Å²) in [5, 5.41) is 15.9. The van der Waals surface area contributed by atoms with Gasteiger partial charge in [0.1, 0.15) is 5.01 Å². The van der Waals surface area contributed by atoms with Crippen LogP contribution in [-0.2, 0) is 22.5 Å². The minimum atomic E-state index is -0.869. The maximum Gasteiger partial charge on any atom is 0.309 e. The van der Waals surface area contributed by atoms with Gasteiger partial charge in [-0.05, 0) is 13.8 Å². The molecule has 0 unspecified atom stereocenters. The zero-order valence-corrected chi connectivity index (χ0v) is 12.5. The molecular formula is C13H17N3O3S. The number of ether oxygens (including phenoxy) is 1. The normalized spacial score (nSPS) is 10.9. The largest absolute Gasteiger partial charge is 0.481 e. The van der Waals surface area contributed by atoms with E-state index in [0.717, 1.165) is 22.0 Å². The van der Waals surface area contributed by atoms with E-state index in [1.165, 1.54) is 11.3 Å². The average Bonchev–Trinajstić information content (AvgIpc) is 2.91. The summed E-state index contributed by atoms with van der Waals surface area (Å²) >= 11 is 1.45. The van der Waals surface area contributed by atoms with Crippen molar-refractivity contribution in [3.63, 3.8) is 0 Å². The molecule has 2 heterocycles. The molecule has 0 saturated heterocycles. The molecule has 6 nitrogen and oxygen atoms in total. The summed E-state index contributed by atoms with van der Waals surface area (Å²) in [6, 6.07) is 0. The number of carboxylic acid groups (broad SMARTS) is 1. The Hall–Kier alpha value is -1.73. The highest BCUT2D eigenvalue weighted by atomic mass is 32.1. The van der Waals surface area contributed by atoms with E-state index in [0.29, 0.717) is 18.8 Å². The van der Waals surface area contributed by atoms with Crippen LogP contribution in [0, 0.1) is 13.8 Å². The van der Waals surface area contributed by atoms with Crippen molar-refractivity contribution in [1.82, 2.24) is 14.8 Å². The summed E-state index contributed by atoms with van der Waals surface area (Å²) < 4.78 is 6.96. The number of aromatic nitrogens is 3. The molecule has 20 heavy (non-hydrogen) atoms. The lowest BCUT2D eigenvalue weighted by atomic mass is 10.2. The molecule has 2 aromatic rings. The van der Waals surface area contributed by atoms with Crippen LogP contribution in [-0.4, -0.2) is 39.6 Å². The molecule has 0 amide bonds. The van der Waals surface area contributed by atoms with Crippen molar-refractivity contribution in [2.24, 2.45) is 0 Å². The Morgan fingerprint density at radius 2 is 2.25 bits per heavy atom. The fourth-order valence-corrected chi connectivity index (χ4v) is 3.03. The van der Waals surface area contributed by atoms with Gasteiger partial charge in [0, 0.05) is 18.2 Å². The first-order chi connectivity index (χ1) is 9.52. The lowest BCUT2D eigenvalue weighted by Gasteiger charge is -2.03. The molecule has 0 fully saturated rings. The fraction of sp³-hybridized carbons (Fsp3) is 0.462. The highest BCUT2D eigenvalue weighted by Crippen LogP contribution is 2.29. The number of hydrogen-bond acceptors (Lipinski definition) is 5. The number of aryl methyl sites for hydroxylation is 1. The van der Waals surface area contributed by atoms with Gasteiger partial charge in [0.05, 0.1) is 36.5 Å². The number of thiazole rings is 1. The Morgan fingerprint density at radius 1 is 1.50 bits per heavy atom. The molecule has 0 atom stereocenters. The first-order valence-corrected chi connectivity index (χ1v) is 7.10. The molecule has 0 aliphatic rings. The molecule has 0 aliphatic heterocycles. The Bertz CT molecular complexity index is 618. The topological polar surface area (TPSA) is 77.2 Å². The van der Waals surface area contributed by atoms with Crippen LogP contribution >= 0.6 is 11.3 Å². The molecule has 0 saturated carbocycles. The Morgan fingerprint density at radius 3 is 2.90 bits per heavy atom. The average molecular weight is 295 g/mol. The number of methoxy groups -OCH3 is 1. The standard InChI is InChI=1S/C13H17N3O3S/c1-8-12(9(2)16(15-8)4-5-19-3)13-14-10(7-20-13)6-11(17)18/h7H,4-6H2,1-3H3,(H,17,18). The molecule has 108 valence electrons. The Labute approximate surface area is 121 Å².